The van der Waals surface area contributed by atoms with Gasteiger partial charge in [-0.1, -0.05) is 50.3 Å². The summed E-state index contributed by atoms with van der Waals surface area (Å²) in [5, 5.41) is 0. The molecule has 60 valence electrons. The van der Waals surface area contributed by atoms with Crippen LogP contribution < -0.4 is 0 Å². The van der Waals surface area contributed by atoms with Gasteiger partial charge in [-0.05, 0) is 11.1 Å². The summed E-state index contributed by atoms with van der Waals surface area (Å²) < 4.78 is 0. The quantitative estimate of drug-likeness (QED) is 0.554. The third-order valence-corrected chi connectivity index (χ3v) is 2.33. The van der Waals surface area contributed by atoms with E-state index in [0.717, 1.165) is 0 Å². The van der Waals surface area contributed by atoms with Crippen molar-refractivity contribution >= 4 is 6.08 Å². The van der Waals surface area contributed by atoms with E-state index in [1.165, 1.54) is 11.1 Å². The Morgan fingerprint density at radius 3 is 2.42 bits per heavy atom. The van der Waals surface area contributed by atoms with Crippen LogP contribution in [0.5, 0.6) is 0 Å². The molecule has 0 spiro atoms. The molecule has 1 aromatic rings. The second-order valence-corrected chi connectivity index (χ2v) is 3.64. The fourth-order valence-electron chi connectivity index (χ4n) is 1.62. The topological polar surface area (TPSA) is 0 Å². The fraction of sp³-hybridized carbons (Fsp3) is 0.273. The molecule has 0 fully saturated rings. The molecule has 0 atom stereocenters. The van der Waals surface area contributed by atoms with Gasteiger partial charge in [-0.3, -0.25) is 0 Å². The summed E-state index contributed by atoms with van der Waals surface area (Å²) in [4.78, 5) is 0. The summed E-state index contributed by atoms with van der Waals surface area (Å²) in [6.07, 6.45) is 4.47. The fourth-order valence-corrected chi connectivity index (χ4v) is 1.62. The zero-order chi connectivity index (χ0) is 7.90. The summed E-state index contributed by atoms with van der Waals surface area (Å²) in [6.45, 7) is 4.49. The van der Waals surface area contributed by atoms with Crippen LogP contribution in [0.1, 0.15) is 25.0 Å². The number of fused-ring (bicyclic) bond motifs is 1. The first-order chi connectivity index (χ1) is 5.20. The molecular formula is C11H12Ti. The van der Waals surface area contributed by atoms with Gasteiger partial charge in [0.25, 0.3) is 0 Å². The Morgan fingerprint density at radius 1 is 1.08 bits per heavy atom. The van der Waals surface area contributed by atoms with Crippen molar-refractivity contribution in [3.8, 4) is 0 Å². The Bertz CT molecular complexity index is 311. The van der Waals surface area contributed by atoms with Gasteiger partial charge in [-0.25, -0.2) is 0 Å². The van der Waals surface area contributed by atoms with Crippen LogP contribution in [-0.2, 0) is 27.1 Å². The predicted octanol–water partition coefficient (Wildman–Crippen LogP) is 2.99. The number of hydrogen-bond acceptors (Lipinski definition) is 0. The molecular weight excluding hydrogens is 180 g/mol. The SMILES string of the molecule is CC1(C)C=Cc2ccccc21.[Ti]. The zero-order valence-electron chi connectivity index (χ0n) is 7.46. The molecule has 2 rings (SSSR count). The van der Waals surface area contributed by atoms with Gasteiger partial charge in [0.1, 0.15) is 0 Å². The minimum Gasteiger partial charge on any atom is -0.0739 e. The number of hydrogen-bond donors (Lipinski definition) is 0. The van der Waals surface area contributed by atoms with Gasteiger partial charge < -0.3 is 0 Å². The minimum absolute atomic E-state index is 0. The summed E-state index contributed by atoms with van der Waals surface area (Å²) in [6, 6.07) is 8.56. The van der Waals surface area contributed by atoms with Gasteiger partial charge >= 0.3 is 0 Å². The Hall–Kier alpha value is -0.326. The first-order valence-electron chi connectivity index (χ1n) is 3.99. The van der Waals surface area contributed by atoms with Gasteiger partial charge in [0.05, 0.1) is 0 Å². The van der Waals surface area contributed by atoms with E-state index < -0.39 is 0 Å². The summed E-state index contributed by atoms with van der Waals surface area (Å²) in [7, 11) is 0. The van der Waals surface area contributed by atoms with Crippen molar-refractivity contribution in [3.05, 3.63) is 41.5 Å². The van der Waals surface area contributed by atoms with Crippen molar-refractivity contribution in [1.29, 1.82) is 0 Å². The van der Waals surface area contributed by atoms with Crippen molar-refractivity contribution in [3.63, 3.8) is 0 Å². The maximum absolute atomic E-state index is 2.26. The van der Waals surface area contributed by atoms with E-state index in [1.54, 1.807) is 0 Å². The van der Waals surface area contributed by atoms with Gasteiger partial charge in [0.2, 0.25) is 0 Å². The van der Waals surface area contributed by atoms with Crippen LogP contribution in [0, 0.1) is 0 Å². The Balaban J connectivity index is 0.000000720. The van der Waals surface area contributed by atoms with Crippen LogP contribution in [0.25, 0.3) is 6.08 Å². The molecule has 0 nitrogen and oxygen atoms in total. The molecule has 0 saturated heterocycles. The standard InChI is InChI=1S/C11H12.Ti/c1-11(2)8-7-9-5-3-4-6-10(9)11;/h3-8H,1-2H3;. The molecule has 0 amide bonds. The molecule has 1 aliphatic rings. The maximum atomic E-state index is 2.26. The first kappa shape index (κ1) is 9.76. The smallest absolute Gasteiger partial charge is 0.00845 e. The van der Waals surface area contributed by atoms with Crippen molar-refractivity contribution < 1.29 is 21.7 Å². The van der Waals surface area contributed by atoms with Crippen molar-refractivity contribution in [2.24, 2.45) is 0 Å². The molecule has 0 aliphatic heterocycles. The van der Waals surface area contributed by atoms with Gasteiger partial charge in [-0.15, -0.1) is 0 Å². The molecule has 0 unspecified atom stereocenters. The third kappa shape index (κ3) is 1.42. The van der Waals surface area contributed by atoms with Crippen LogP contribution in [0.15, 0.2) is 30.3 Å². The summed E-state index contributed by atoms with van der Waals surface area (Å²) in [5.74, 6) is 0. The van der Waals surface area contributed by atoms with Gasteiger partial charge in [-0.2, -0.15) is 0 Å². The van der Waals surface area contributed by atoms with E-state index in [-0.39, 0.29) is 27.1 Å². The molecule has 0 heterocycles. The van der Waals surface area contributed by atoms with E-state index >= 15 is 0 Å². The van der Waals surface area contributed by atoms with Crippen LogP contribution >= 0.6 is 0 Å². The first-order valence-corrected chi connectivity index (χ1v) is 3.99. The summed E-state index contributed by atoms with van der Waals surface area (Å²) in [5.41, 5.74) is 3.06. The molecule has 0 saturated carbocycles. The van der Waals surface area contributed by atoms with E-state index in [0.29, 0.717) is 0 Å². The van der Waals surface area contributed by atoms with Gasteiger partial charge in [0.15, 0.2) is 0 Å². The average molecular weight is 192 g/mol. The number of benzene rings is 1. The zero-order valence-corrected chi connectivity index (χ0v) is 9.03. The molecule has 0 radical (unpaired) electrons. The van der Waals surface area contributed by atoms with Crippen LogP contribution in [0.3, 0.4) is 0 Å². The molecule has 0 N–H and O–H groups in total. The normalized spacial score (nSPS) is 16.8. The monoisotopic (exact) mass is 192 g/mol. The predicted molar refractivity (Wildman–Crippen MR) is 48.5 cm³/mol. The molecule has 12 heavy (non-hydrogen) atoms. The molecule has 0 bridgehead atoms. The van der Waals surface area contributed by atoms with E-state index in [1.807, 2.05) is 0 Å². The number of rotatable bonds is 0. The molecule has 1 heteroatoms. The Labute approximate surface area is 88.6 Å². The second kappa shape index (κ2) is 3.20. The second-order valence-electron chi connectivity index (χ2n) is 3.64. The van der Waals surface area contributed by atoms with Crippen molar-refractivity contribution in [2.45, 2.75) is 19.3 Å². The van der Waals surface area contributed by atoms with Crippen LogP contribution in [0.4, 0.5) is 0 Å². The minimum atomic E-state index is 0. The molecule has 1 aromatic carbocycles. The Morgan fingerprint density at radius 2 is 1.75 bits per heavy atom. The maximum Gasteiger partial charge on any atom is 0.00845 e. The Kier molecular flexibility index (Phi) is 2.60. The number of allylic oxidation sites excluding steroid dienone is 1. The molecule has 1 aliphatic carbocycles. The summed E-state index contributed by atoms with van der Waals surface area (Å²) >= 11 is 0. The van der Waals surface area contributed by atoms with Crippen molar-refractivity contribution in [2.75, 3.05) is 0 Å². The van der Waals surface area contributed by atoms with Gasteiger partial charge in [0, 0.05) is 27.1 Å². The average Bonchev–Trinajstić information content (AvgIpc) is 2.29. The van der Waals surface area contributed by atoms with E-state index in [9.17, 15) is 0 Å². The van der Waals surface area contributed by atoms with E-state index in [2.05, 4.69) is 50.3 Å². The van der Waals surface area contributed by atoms with Crippen molar-refractivity contribution in [1.82, 2.24) is 0 Å². The largest absolute Gasteiger partial charge is 0.0739 e. The van der Waals surface area contributed by atoms with Crippen LogP contribution in [0.2, 0.25) is 0 Å². The van der Waals surface area contributed by atoms with E-state index in [4.69, 9.17) is 0 Å². The third-order valence-electron chi connectivity index (χ3n) is 2.33. The molecule has 0 aromatic heterocycles. The van der Waals surface area contributed by atoms with Crippen LogP contribution in [-0.4, -0.2) is 0 Å².